The van der Waals surface area contributed by atoms with Crippen LogP contribution in [0.1, 0.15) is 39.5 Å². The summed E-state index contributed by atoms with van der Waals surface area (Å²) in [5.41, 5.74) is -3.91. The first-order chi connectivity index (χ1) is 17.2. The molecule has 6 aliphatic rings. The molecule has 0 radical (unpaired) electrons. The molecule has 6 rings (SSSR count). The number of rotatable bonds is 7. The number of piperidine rings is 1. The van der Waals surface area contributed by atoms with Gasteiger partial charge in [-0.2, -0.15) is 0 Å². The minimum absolute atomic E-state index is 0.0457. The summed E-state index contributed by atoms with van der Waals surface area (Å²) in [5.74, 6) is -0.523. The first kappa shape index (κ1) is 25.5. The zero-order valence-electron chi connectivity index (χ0n) is 22.4. The third-order valence-electron chi connectivity index (χ3n) is 11.9. The highest BCUT2D eigenvalue weighted by molar-refractivity contribution is 5.66. The number of methoxy groups -OCH3 is 4. The van der Waals surface area contributed by atoms with Gasteiger partial charge in [-0.3, -0.25) is 9.69 Å². The Labute approximate surface area is 213 Å². The predicted molar refractivity (Wildman–Crippen MR) is 128 cm³/mol. The fraction of sp³-hybridized carbons (Fsp3) is 0.963. The topological polar surface area (TPSA) is 107 Å². The van der Waals surface area contributed by atoms with Crippen LogP contribution in [0, 0.1) is 34.5 Å². The molecule has 36 heavy (non-hydrogen) atoms. The van der Waals surface area contributed by atoms with Gasteiger partial charge in [0.15, 0.2) is 0 Å². The second-order valence-electron chi connectivity index (χ2n) is 12.5. The van der Waals surface area contributed by atoms with Crippen molar-refractivity contribution in [2.45, 2.75) is 81.2 Å². The van der Waals surface area contributed by atoms with E-state index in [9.17, 15) is 15.0 Å². The van der Waals surface area contributed by atoms with Gasteiger partial charge >= 0.3 is 5.97 Å². The molecule has 1 spiro atoms. The molecule has 0 aromatic carbocycles. The maximum absolute atomic E-state index is 13.1. The van der Waals surface area contributed by atoms with Crippen molar-refractivity contribution in [2.24, 2.45) is 34.5 Å². The summed E-state index contributed by atoms with van der Waals surface area (Å²) in [6, 6.07) is -0.348. The fourth-order valence-electron chi connectivity index (χ4n) is 11.2. The maximum atomic E-state index is 13.1. The highest BCUT2D eigenvalue weighted by Gasteiger charge is 2.91. The highest BCUT2D eigenvalue weighted by atomic mass is 16.5. The van der Waals surface area contributed by atoms with Gasteiger partial charge in [0.1, 0.15) is 11.2 Å². The molecule has 5 saturated carbocycles. The van der Waals surface area contributed by atoms with E-state index >= 15 is 0 Å². The number of carbonyl (C=O) groups is 1. The lowest BCUT2D eigenvalue weighted by molar-refractivity contribution is -0.320. The van der Waals surface area contributed by atoms with Crippen molar-refractivity contribution in [1.82, 2.24) is 4.90 Å². The number of esters is 1. The number of carbonyl (C=O) groups excluding carboxylic acids is 1. The summed E-state index contributed by atoms with van der Waals surface area (Å²) in [6.07, 6.45) is 1.59. The van der Waals surface area contributed by atoms with Gasteiger partial charge in [0.2, 0.25) is 0 Å². The van der Waals surface area contributed by atoms with Gasteiger partial charge in [-0.1, -0.05) is 6.92 Å². The Morgan fingerprint density at radius 1 is 1.08 bits per heavy atom. The van der Waals surface area contributed by atoms with Crippen molar-refractivity contribution in [3.63, 3.8) is 0 Å². The largest absolute Gasteiger partial charge is 0.465 e. The third-order valence-corrected chi connectivity index (χ3v) is 11.9. The number of ether oxygens (including phenoxy) is 5. The third kappa shape index (κ3) is 2.55. The van der Waals surface area contributed by atoms with Crippen LogP contribution in [0.25, 0.3) is 0 Å². The molecule has 9 heteroatoms. The molecule has 0 amide bonds. The maximum Gasteiger partial charge on any atom is 0.302 e. The average molecular weight is 510 g/mol. The summed E-state index contributed by atoms with van der Waals surface area (Å²) in [7, 11) is 6.83. The number of likely N-dealkylation sites (tertiary alicyclic amines) is 1. The van der Waals surface area contributed by atoms with E-state index in [4.69, 9.17) is 23.7 Å². The molecular weight excluding hydrogens is 466 g/mol. The molecule has 2 N–H and O–H groups in total. The minimum Gasteiger partial charge on any atom is -0.465 e. The van der Waals surface area contributed by atoms with Crippen LogP contribution in [0.4, 0.5) is 0 Å². The van der Waals surface area contributed by atoms with Crippen LogP contribution < -0.4 is 0 Å². The summed E-state index contributed by atoms with van der Waals surface area (Å²) in [5, 5.41) is 26.0. The molecule has 6 fully saturated rings. The Morgan fingerprint density at radius 3 is 2.42 bits per heavy atom. The van der Waals surface area contributed by atoms with Gasteiger partial charge < -0.3 is 33.9 Å². The highest BCUT2D eigenvalue weighted by Crippen LogP contribution is 2.80. The minimum atomic E-state index is -1.56. The molecule has 0 aromatic rings. The molecule has 7 bridgehead atoms. The SMILES string of the molecule is CCN1C[C@]2(COC(C)=O)CC[C@H](OC)[C@@]34[C@@H]5C[C@H]6[C@H](OC)[C@@H]5[C@](O)(C[C@H]6OC)[C@@](O)([C@@H](OC)[C@H]23)[C@@H]14. The second-order valence-corrected chi connectivity index (χ2v) is 12.5. The molecule has 1 heterocycles. The van der Waals surface area contributed by atoms with Crippen LogP contribution in [0.2, 0.25) is 0 Å². The first-order valence-corrected chi connectivity index (χ1v) is 13.6. The van der Waals surface area contributed by atoms with Crippen molar-refractivity contribution in [3.05, 3.63) is 0 Å². The van der Waals surface area contributed by atoms with Gasteiger partial charge in [-0.25, -0.2) is 0 Å². The zero-order chi connectivity index (χ0) is 25.8. The van der Waals surface area contributed by atoms with E-state index in [1.165, 1.54) is 6.92 Å². The molecule has 0 unspecified atom stereocenters. The molecule has 1 saturated heterocycles. The van der Waals surface area contributed by atoms with E-state index in [0.717, 1.165) is 19.3 Å². The molecule has 13 atom stereocenters. The van der Waals surface area contributed by atoms with E-state index in [1.807, 2.05) is 0 Å². The van der Waals surface area contributed by atoms with E-state index in [-0.39, 0.29) is 60.6 Å². The van der Waals surface area contributed by atoms with E-state index in [2.05, 4.69) is 11.8 Å². The van der Waals surface area contributed by atoms with E-state index in [1.54, 1.807) is 28.4 Å². The normalized spacial score (nSPS) is 56.6. The van der Waals surface area contributed by atoms with E-state index in [0.29, 0.717) is 19.5 Å². The van der Waals surface area contributed by atoms with Gasteiger partial charge in [0, 0.05) is 76.9 Å². The monoisotopic (exact) mass is 509 g/mol. The van der Waals surface area contributed by atoms with Crippen LogP contribution in [0.5, 0.6) is 0 Å². The number of hydrogen-bond acceptors (Lipinski definition) is 9. The van der Waals surface area contributed by atoms with Crippen LogP contribution in [-0.4, -0.2) is 111 Å². The van der Waals surface area contributed by atoms with Gasteiger partial charge in [0.25, 0.3) is 0 Å². The lowest BCUT2D eigenvalue weighted by Gasteiger charge is -2.70. The molecular formula is C27H43NO8. The van der Waals surface area contributed by atoms with Crippen molar-refractivity contribution in [2.75, 3.05) is 48.1 Å². The Morgan fingerprint density at radius 2 is 1.83 bits per heavy atom. The van der Waals surface area contributed by atoms with Crippen LogP contribution >= 0.6 is 0 Å². The first-order valence-electron chi connectivity index (χ1n) is 13.6. The van der Waals surface area contributed by atoms with Crippen LogP contribution in [-0.2, 0) is 28.5 Å². The molecule has 1 aliphatic heterocycles. The van der Waals surface area contributed by atoms with Gasteiger partial charge in [-0.05, 0) is 31.7 Å². The van der Waals surface area contributed by atoms with Crippen LogP contribution in [0.3, 0.4) is 0 Å². The predicted octanol–water partition coefficient (Wildman–Crippen LogP) is 0.842. The van der Waals surface area contributed by atoms with Crippen LogP contribution in [0.15, 0.2) is 0 Å². The summed E-state index contributed by atoms with van der Waals surface area (Å²) < 4.78 is 30.5. The number of likely N-dealkylation sites (N-methyl/N-ethyl adjacent to an activating group) is 1. The zero-order valence-corrected chi connectivity index (χ0v) is 22.4. The Hall–Kier alpha value is -0.810. The number of hydrogen-bond donors (Lipinski definition) is 2. The van der Waals surface area contributed by atoms with E-state index < -0.39 is 28.1 Å². The fourth-order valence-corrected chi connectivity index (χ4v) is 11.2. The molecule has 5 aliphatic carbocycles. The molecule has 0 aromatic heterocycles. The average Bonchev–Trinajstić information content (AvgIpc) is 3.28. The summed E-state index contributed by atoms with van der Waals surface area (Å²) in [6.45, 7) is 5.22. The quantitative estimate of drug-likeness (QED) is 0.483. The number of nitrogens with zero attached hydrogens (tertiary/aromatic N) is 1. The number of fused-ring (bicyclic) bond motifs is 2. The lowest BCUT2D eigenvalue weighted by Crippen LogP contribution is -2.82. The standard InChI is InChI=1S/C27H43NO8/c1-7-28-12-24(13-36-14(2)29)9-8-18(33-4)26-16-10-15-17(32-3)11-25(30,19(16)20(15)34-5)27(31,23(26)28)22(35-6)21(24)26/h15-23,30-31H,7-13H2,1-6H3/t15-,16-,17-,18+,19-,20+,21-,22+,23+,24+,25-,26+,27-/m1/s1. The summed E-state index contributed by atoms with van der Waals surface area (Å²) >= 11 is 0. The van der Waals surface area contributed by atoms with Crippen molar-refractivity contribution < 1.29 is 38.7 Å². The summed E-state index contributed by atoms with van der Waals surface area (Å²) in [4.78, 5) is 14.4. The Kier molecular flexibility index (Phi) is 5.73. The Bertz CT molecular complexity index is 918. The lowest BCUT2D eigenvalue weighted by atomic mass is 9.42. The second kappa shape index (κ2) is 8.10. The number of aliphatic hydroxyl groups is 2. The van der Waals surface area contributed by atoms with Crippen molar-refractivity contribution in [3.8, 4) is 0 Å². The van der Waals surface area contributed by atoms with Crippen molar-refractivity contribution in [1.29, 1.82) is 0 Å². The Balaban J connectivity index is 1.65. The van der Waals surface area contributed by atoms with Gasteiger partial charge in [-0.15, -0.1) is 0 Å². The van der Waals surface area contributed by atoms with Gasteiger partial charge in [0.05, 0.1) is 37.1 Å². The molecule has 204 valence electrons. The smallest absolute Gasteiger partial charge is 0.302 e. The van der Waals surface area contributed by atoms with Crippen molar-refractivity contribution >= 4 is 5.97 Å². The molecule has 9 nitrogen and oxygen atoms in total.